The molecule has 1 heterocycles. The summed E-state index contributed by atoms with van der Waals surface area (Å²) in [5.41, 5.74) is 2.20. The van der Waals surface area contributed by atoms with Crippen LogP contribution in [-0.4, -0.2) is 18.1 Å². The minimum Gasteiger partial charge on any atom is -0.494 e. The zero-order valence-electron chi connectivity index (χ0n) is 12.0. The van der Waals surface area contributed by atoms with E-state index in [9.17, 15) is 4.39 Å². The van der Waals surface area contributed by atoms with Crippen molar-refractivity contribution in [2.75, 3.05) is 7.11 Å². The Hall–Kier alpha value is -1.94. The first kappa shape index (κ1) is 14.5. The van der Waals surface area contributed by atoms with Gasteiger partial charge in [-0.3, -0.25) is 4.98 Å². The maximum absolute atomic E-state index is 13.8. The lowest BCUT2D eigenvalue weighted by atomic mass is 10.1. The average molecular weight is 274 g/mol. The summed E-state index contributed by atoms with van der Waals surface area (Å²) >= 11 is 0. The van der Waals surface area contributed by atoms with Gasteiger partial charge in [-0.1, -0.05) is 13.8 Å². The number of pyridine rings is 1. The molecule has 0 radical (unpaired) electrons. The molecule has 0 saturated heterocycles. The van der Waals surface area contributed by atoms with Crippen LogP contribution in [0.2, 0.25) is 0 Å². The zero-order chi connectivity index (χ0) is 14.5. The van der Waals surface area contributed by atoms with Crippen molar-refractivity contribution in [2.45, 2.75) is 26.4 Å². The molecule has 0 aliphatic heterocycles. The van der Waals surface area contributed by atoms with Crippen LogP contribution < -0.4 is 10.1 Å². The van der Waals surface area contributed by atoms with Crippen LogP contribution in [0.5, 0.6) is 5.75 Å². The van der Waals surface area contributed by atoms with Crippen molar-refractivity contribution in [2.24, 2.45) is 0 Å². The molecule has 106 valence electrons. The lowest BCUT2D eigenvalue weighted by molar-refractivity contribution is 0.415. The van der Waals surface area contributed by atoms with Gasteiger partial charge in [0.1, 0.15) is 17.3 Å². The van der Waals surface area contributed by atoms with Gasteiger partial charge in [0.25, 0.3) is 0 Å². The van der Waals surface area contributed by atoms with Crippen LogP contribution in [0.25, 0.3) is 11.3 Å². The lowest BCUT2D eigenvalue weighted by Crippen LogP contribution is -2.22. The predicted octanol–water partition coefficient (Wildman–Crippen LogP) is 3.39. The Labute approximate surface area is 118 Å². The predicted molar refractivity (Wildman–Crippen MR) is 78.2 cm³/mol. The number of ether oxygens (including phenoxy) is 1. The highest BCUT2D eigenvalue weighted by Gasteiger charge is 2.10. The van der Waals surface area contributed by atoms with Gasteiger partial charge in [0.2, 0.25) is 0 Å². The molecule has 0 fully saturated rings. The molecule has 0 aliphatic carbocycles. The number of methoxy groups -OCH3 is 1. The van der Waals surface area contributed by atoms with E-state index in [1.165, 1.54) is 6.07 Å². The van der Waals surface area contributed by atoms with Gasteiger partial charge in [0.05, 0.1) is 7.11 Å². The largest absolute Gasteiger partial charge is 0.494 e. The topological polar surface area (TPSA) is 34.1 Å². The number of aromatic nitrogens is 1. The van der Waals surface area contributed by atoms with E-state index >= 15 is 0 Å². The quantitative estimate of drug-likeness (QED) is 0.907. The summed E-state index contributed by atoms with van der Waals surface area (Å²) in [5.74, 6) is 0.471. The standard InChI is InChI=1S/C16H19FN2O/c1-11(2)19-10-13-9-12(6-7-14(13)17)16-15(20-3)5-4-8-18-16/h4-9,11,19H,10H2,1-3H3. The fraction of sp³-hybridized carbons (Fsp3) is 0.312. The van der Waals surface area contributed by atoms with Crippen molar-refractivity contribution in [3.05, 3.63) is 47.9 Å². The third kappa shape index (κ3) is 3.33. The summed E-state index contributed by atoms with van der Waals surface area (Å²) in [6, 6.07) is 8.97. The summed E-state index contributed by atoms with van der Waals surface area (Å²) in [6.07, 6.45) is 1.70. The van der Waals surface area contributed by atoms with Crippen molar-refractivity contribution in [1.29, 1.82) is 0 Å². The Balaban J connectivity index is 2.35. The number of halogens is 1. The van der Waals surface area contributed by atoms with Crippen LogP contribution in [0.4, 0.5) is 4.39 Å². The van der Waals surface area contributed by atoms with E-state index in [1.807, 2.05) is 32.0 Å². The Bertz CT molecular complexity index is 584. The first-order chi connectivity index (χ1) is 9.61. The van der Waals surface area contributed by atoms with Crippen molar-refractivity contribution in [3.8, 4) is 17.0 Å². The summed E-state index contributed by atoms with van der Waals surface area (Å²) in [4.78, 5) is 4.32. The number of benzene rings is 1. The van der Waals surface area contributed by atoms with Gasteiger partial charge in [-0.2, -0.15) is 0 Å². The third-order valence-electron chi connectivity index (χ3n) is 3.01. The molecule has 2 rings (SSSR count). The van der Waals surface area contributed by atoms with Crippen molar-refractivity contribution >= 4 is 0 Å². The molecule has 1 N–H and O–H groups in total. The minimum atomic E-state index is -0.211. The Kier molecular flexibility index (Phi) is 4.69. The van der Waals surface area contributed by atoms with E-state index in [1.54, 1.807) is 19.4 Å². The molecule has 1 aromatic heterocycles. The fourth-order valence-corrected chi connectivity index (χ4v) is 1.94. The smallest absolute Gasteiger partial charge is 0.145 e. The molecule has 1 aromatic carbocycles. The van der Waals surface area contributed by atoms with Crippen LogP contribution in [0.15, 0.2) is 36.5 Å². The molecular formula is C16H19FN2O. The molecule has 0 spiro atoms. The van der Waals surface area contributed by atoms with Gasteiger partial charge in [-0.05, 0) is 30.3 Å². The maximum Gasteiger partial charge on any atom is 0.145 e. The molecule has 20 heavy (non-hydrogen) atoms. The number of nitrogens with one attached hydrogen (secondary N) is 1. The minimum absolute atomic E-state index is 0.211. The number of hydrogen-bond acceptors (Lipinski definition) is 3. The maximum atomic E-state index is 13.8. The highest BCUT2D eigenvalue weighted by atomic mass is 19.1. The first-order valence-corrected chi connectivity index (χ1v) is 6.63. The first-order valence-electron chi connectivity index (χ1n) is 6.63. The summed E-state index contributed by atoms with van der Waals surface area (Å²) in [5, 5.41) is 3.22. The second kappa shape index (κ2) is 6.48. The second-order valence-electron chi connectivity index (χ2n) is 4.90. The van der Waals surface area contributed by atoms with E-state index in [2.05, 4.69) is 10.3 Å². The zero-order valence-corrected chi connectivity index (χ0v) is 12.0. The Morgan fingerprint density at radius 2 is 2.10 bits per heavy atom. The second-order valence-corrected chi connectivity index (χ2v) is 4.90. The van der Waals surface area contributed by atoms with Crippen molar-refractivity contribution < 1.29 is 9.13 Å². The Morgan fingerprint density at radius 1 is 1.30 bits per heavy atom. The van der Waals surface area contributed by atoms with E-state index in [4.69, 9.17) is 4.74 Å². The van der Waals surface area contributed by atoms with E-state index in [0.717, 1.165) is 11.3 Å². The van der Waals surface area contributed by atoms with Crippen LogP contribution in [0.3, 0.4) is 0 Å². The van der Waals surface area contributed by atoms with E-state index in [0.29, 0.717) is 23.9 Å². The van der Waals surface area contributed by atoms with Crippen LogP contribution in [-0.2, 0) is 6.54 Å². The van der Waals surface area contributed by atoms with Crippen LogP contribution in [0.1, 0.15) is 19.4 Å². The summed E-state index contributed by atoms with van der Waals surface area (Å²) in [6.45, 7) is 4.56. The van der Waals surface area contributed by atoms with Gasteiger partial charge in [-0.25, -0.2) is 4.39 Å². The summed E-state index contributed by atoms with van der Waals surface area (Å²) in [7, 11) is 1.60. The number of rotatable bonds is 5. The lowest BCUT2D eigenvalue weighted by Gasteiger charge is -2.12. The average Bonchev–Trinajstić information content (AvgIpc) is 2.46. The molecule has 0 bridgehead atoms. The SMILES string of the molecule is COc1cccnc1-c1ccc(F)c(CNC(C)C)c1. The van der Waals surface area contributed by atoms with Gasteiger partial charge in [0, 0.05) is 29.9 Å². The monoisotopic (exact) mass is 274 g/mol. The molecule has 2 aromatic rings. The van der Waals surface area contributed by atoms with Crippen LogP contribution in [0, 0.1) is 5.82 Å². The van der Waals surface area contributed by atoms with Gasteiger partial charge in [0.15, 0.2) is 0 Å². The Morgan fingerprint density at radius 3 is 2.80 bits per heavy atom. The number of hydrogen-bond donors (Lipinski definition) is 1. The van der Waals surface area contributed by atoms with Gasteiger partial charge in [-0.15, -0.1) is 0 Å². The molecule has 3 nitrogen and oxygen atoms in total. The van der Waals surface area contributed by atoms with E-state index < -0.39 is 0 Å². The molecule has 4 heteroatoms. The van der Waals surface area contributed by atoms with Crippen LogP contribution >= 0.6 is 0 Å². The summed E-state index contributed by atoms with van der Waals surface area (Å²) < 4.78 is 19.1. The third-order valence-corrected chi connectivity index (χ3v) is 3.01. The molecule has 0 unspecified atom stereocenters. The normalized spacial score (nSPS) is 10.8. The highest BCUT2D eigenvalue weighted by Crippen LogP contribution is 2.28. The highest BCUT2D eigenvalue weighted by molar-refractivity contribution is 5.66. The fourth-order valence-electron chi connectivity index (χ4n) is 1.94. The molecule has 0 amide bonds. The molecule has 0 aliphatic rings. The van der Waals surface area contributed by atoms with Crippen molar-refractivity contribution in [1.82, 2.24) is 10.3 Å². The molecule has 0 saturated carbocycles. The van der Waals surface area contributed by atoms with Gasteiger partial charge >= 0.3 is 0 Å². The van der Waals surface area contributed by atoms with Crippen molar-refractivity contribution in [3.63, 3.8) is 0 Å². The van der Waals surface area contributed by atoms with E-state index in [-0.39, 0.29) is 5.82 Å². The molecular weight excluding hydrogens is 255 g/mol. The number of nitrogens with zero attached hydrogens (tertiary/aromatic N) is 1. The molecule has 0 atom stereocenters. The van der Waals surface area contributed by atoms with Gasteiger partial charge < -0.3 is 10.1 Å².